The van der Waals surface area contributed by atoms with E-state index in [4.69, 9.17) is 16.3 Å². The zero-order valence-electron chi connectivity index (χ0n) is 13.1. The van der Waals surface area contributed by atoms with Crippen molar-refractivity contribution in [3.8, 4) is 0 Å². The molecule has 0 aromatic heterocycles. The molecule has 0 saturated carbocycles. The smallest absolute Gasteiger partial charge is 0.336 e. The van der Waals surface area contributed by atoms with Crippen LogP contribution in [0.15, 0.2) is 46.8 Å². The molecular weight excluding hydrogens is 314 g/mol. The van der Waals surface area contributed by atoms with E-state index in [0.717, 1.165) is 29.8 Å². The number of carbonyl (C=O) groups is 2. The van der Waals surface area contributed by atoms with E-state index in [1.54, 1.807) is 6.07 Å². The van der Waals surface area contributed by atoms with E-state index in [1.165, 1.54) is 7.11 Å². The molecule has 4 nitrogen and oxygen atoms in total. The fourth-order valence-corrected chi connectivity index (χ4v) is 3.63. The molecule has 5 heteroatoms. The molecule has 3 rings (SSSR count). The Morgan fingerprint density at radius 2 is 2.04 bits per heavy atom. The fourth-order valence-electron chi connectivity index (χ4n) is 3.38. The van der Waals surface area contributed by atoms with Crippen LogP contribution < -0.4 is 5.32 Å². The maximum absolute atomic E-state index is 12.6. The molecule has 1 aliphatic heterocycles. The van der Waals surface area contributed by atoms with E-state index < -0.39 is 11.9 Å². The number of methoxy groups -OCH3 is 1. The Bertz CT molecular complexity index is 748. The van der Waals surface area contributed by atoms with Crippen molar-refractivity contribution in [1.82, 2.24) is 5.32 Å². The van der Waals surface area contributed by atoms with Crippen LogP contribution >= 0.6 is 11.6 Å². The highest BCUT2D eigenvalue weighted by Crippen LogP contribution is 2.44. The predicted molar refractivity (Wildman–Crippen MR) is 87.9 cm³/mol. The Balaban J connectivity index is 2.23. The summed E-state index contributed by atoms with van der Waals surface area (Å²) in [6.07, 6.45) is 2.11. The second-order valence-corrected chi connectivity index (χ2v) is 6.19. The van der Waals surface area contributed by atoms with Gasteiger partial charge in [-0.15, -0.1) is 0 Å². The quantitative estimate of drug-likeness (QED) is 0.843. The van der Waals surface area contributed by atoms with Gasteiger partial charge in [0.2, 0.25) is 0 Å². The van der Waals surface area contributed by atoms with Crippen molar-refractivity contribution in [3.05, 3.63) is 57.4 Å². The van der Waals surface area contributed by atoms with Gasteiger partial charge in [0.05, 0.1) is 12.7 Å². The van der Waals surface area contributed by atoms with Crippen molar-refractivity contribution in [2.75, 3.05) is 7.11 Å². The minimum absolute atomic E-state index is 0.0672. The Labute approximate surface area is 140 Å². The number of hydrogen-bond acceptors (Lipinski definition) is 4. The van der Waals surface area contributed by atoms with Gasteiger partial charge in [-0.25, -0.2) is 4.79 Å². The van der Waals surface area contributed by atoms with Gasteiger partial charge in [0, 0.05) is 34.3 Å². The van der Waals surface area contributed by atoms with Gasteiger partial charge in [0.25, 0.3) is 0 Å². The summed E-state index contributed by atoms with van der Waals surface area (Å²) in [4.78, 5) is 24.9. The van der Waals surface area contributed by atoms with E-state index in [1.807, 2.05) is 25.1 Å². The number of halogens is 1. The summed E-state index contributed by atoms with van der Waals surface area (Å²) in [6, 6.07) is 7.33. The van der Waals surface area contributed by atoms with Crippen LogP contribution in [0.4, 0.5) is 0 Å². The largest absolute Gasteiger partial charge is 0.466 e. The number of hydrogen-bond donors (Lipinski definition) is 1. The lowest BCUT2D eigenvalue weighted by atomic mass is 9.75. The molecule has 1 aliphatic carbocycles. The lowest BCUT2D eigenvalue weighted by Crippen LogP contribution is -2.34. The number of Topliss-reactive ketones (excluding diaryl/α,β-unsaturated/α-hetero) is 1. The fraction of sp³-hybridized carbons (Fsp3) is 0.333. The summed E-state index contributed by atoms with van der Waals surface area (Å²) in [6.45, 7) is 1.83. The molecule has 1 heterocycles. The first-order valence-corrected chi connectivity index (χ1v) is 7.99. The number of rotatable bonds is 2. The van der Waals surface area contributed by atoms with Gasteiger partial charge < -0.3 is 10.1 Å². The summed E-state index contributed by atoms with van der Waals surface area (Å²) in [5.74, 6) is -0.845. The normalized spacial score (nSPS) is 21.0. The van der Waals surface area contributed by atoms with Crippen LogP contribution in [0.1, 0.15) is 37.7 Å². The number of carbonyl (C=O) groups excluding carboxylic acids is 2. The van der Waals surface area contributed by atoms with Crippen molar-refractivity contribution in [2.24, 2.45) is 0 Å². The Hall–Kier alpha value is -2.07. The SMILES string of the molecule is COC(=O)C1=C(C)NC2=C(C(=O)CCC2)[C@@H]1c1ccccc1Cl. The van der Waals surface area contributed by atoms with Gasteiger partial charge in [-0.1, -0.05) is 29.8 Å². The molecule has 0 spiro atoms. The third-order valence-electron chi connectivity index (χ3n) is 4.40. The minimum atomic E-state index is -0.472. The number of ketones is 1. The van der Waals surface area contributed by atoms with Gasteiger partial charge in [0.1, 0.15) is 0 Å². The van der Waals surface area contributed by atoms with Crippen molar-refractivity contribution in [3.63, 3.8) is 0 Å². The highest BCUT2D eigenvalue weighted by Gasteiger charge is 2.39. The summed E-state index contributed by atoms with van der Waals surface area (Å²) < 4.78 is 4.95. The minimum Gasteiger partial charge on any atom is -0.466 e. The van der Waals surface area contributed by atoms with Gasteiger partial charge in [-0.3, -0.25) is 4.79 Å². The standard InChI is InChI=1S/C18H18ClNO3/c1-10-15(18(22)23-2)16(11-6-3-4-7-12(11)19)17-13(20-10)8-5-9-14(17)21/h3-4,6-7,16,20H,5,8-9H2,1-2H3/t16-/m1/s1. The summed E-state index contributed by atoms with van der Waals surface area (Å²) in [5.41, 5.74) is 3.48. The molecule has 0 bridgehead atoms. The number of allylic oxidation sites excluding steroid dienone is 3. The average Bonchev–Trinajstić information content (AvgIpc) is 2.54. The average molecular weight is 332 g/mol. The molecule has 2 aliphatic rings. The van der Waals surface area contributed by atoms with E-state index in [0.29, 0.717) is 22.6 Å². The highest BCUT2D eigenvalue weighted by atomic mass is 35.5. The molecule has 0 fully saturated rings. The van der Waals surface area contributed by atoms with Crippen LogP contribution in [0.2, 0.25) is 5.02 Å². The molecule has 23 heavy (non-hydrogen) atoms. The monoisotopic (exact) mass is 331 g/mol. The van der Waals surface area contributed by atoms with Crippen LogP contribution in [-0.2, 0) is 14.3 Å². The maximum atomic E-state index is 12.6. The lowest BCUT2D eigenvalue weighted by Gasteiger charge is -2.34. The Morgan fingerprint density at radius 3 is 2.74 bits per heavy atom. The second-order valence-electron chi connectivity index (χ2n) is 5.78. The zero-order valence-corrected chi connectivity index (χ0v) is 13.9. The van der Waals surface area contributed by atoms with Crippen molar-refractivity contribution in [1.29, 1.82) is 0 Å². The molecule has 1 aromatic carbocycles. The number of benzene rings is 1. The van der Waals surface area contributed by atoms with Crippen LogP contribution in [0.5, 0.6) is 0 Å². The van der Waals surface area contributed by atoms with Crippen molar-refractivity contribution >= 4 is 23.4 Å². The van der Waals surface area contributed by atoms with Crippen LogP contribution in [0.25, 0.3) is 0 Å². The molecule has 1 N–H and O–H groups in total. The molecule has 0 amide bonds. The van der Waals surface area contributed by atoms with E-state index in [2.05, 4.69) is 5.32 Å². The third-order valence-corrected chi connectivity index (χ3v) is 4.74. The van der Waals surface area contributed by atoms with Crippen molar-refractivity contribution < 1.29 is 14.3 Å². The van der Waals surface area contributed by atoms with E-state index >= 15 is 0 Å². The first-order chi connectivity index (χ1) is 11.0. The predicted octanol–water partition coefficient (Wildman–Crippen LogP) is 3.48. The highest BCUT2D eigenvalue weighted by molar-refractivity contribution is 6.31. The van der Waals surface area contributed by atoms with Crippen LogP contribution in [-0.4, -0.2) is 18.9 Å². The summed E-state index contributed by atoms with van der Waals surface area (Å²) in [7, 11) is 1.35. The zero-order chi connectivity index (χ0) is 16.6. The summed E-state index contributed by atoms with van der Waals surface area (Å²) in [5, 5.41) is 3.77. The molecule has 120 valence electrons. The number of dihydropyridines is 1. The Kier molecular flexibility index (Phi) is 4.26. The van der Waals surface area contributed by atoms with Gasteiger partial charge in [0.15, 0.2) is 5.78 Å². The Morgan fingerprint density at radius 1 is 1.30 bits per heavy atom. The topological polar surface area (TPSA) is 55.4 Å². The molecule has 1 atom stereocenters. The van der Waals surface area contributed by atoms with Gasteiger partial charge >= 0.3 is 5.97 Å². The lowest BCUT2D eigenvalue weighted by molar-refractivity contribution is -0.136. The number of ether oxygens (including phenoxy) is 1. The van der Waals surface area contributed by atoms with Gasteiger partial charge in [-0.2, -0.15) is 0 Å². The number of nitrogens with one attached hydrogen (secondary N) is 1. The second kappa shape index (κ2) is 6.20. The van der Waals surface area contributed by atoms with Crippen LogP contribution in [0, 0.1) is 0 Å². The molecule has 0 radical (unpaired) electrons. The third kappa shape index (κ3) is 2.68. The van der Waals surface area contributed by atoms with Crippen molar-refractivity contribution in [2.45, 2.75) is 32.1 Å². The molecule has 0 unspecified atom stereocenters. The number of esters is 1. The molecule has 0 saturated heterocycles. The maximum Gasteiger partial charge on any atom is 0.336 e. The first kappa shape index (κ1) is 15.8. The molecule has 1 aromatic rings. The van der Waals surface area contributed by atoms with Crippen LogP contribution in [0.3, 0.4) is 0 Å². The van der Waals surface area contributed by atoms with E-state index in [-0.39, 0.29) is 5.78 Å². The summed E-state index contributed by atoms with van der Waals surface area (Å²) >= 11 is 6.37. The molecular formula is C18H18ClNO3. The van der Waals surface area contributed by atoms with E-state index in [9.17, 15) is 9.59 Å². The van der Waals surface area contributed by atoms with Gasteiger partial charge in [-0.05, 0) is 31.4 Å². The first-order valence-electron chi connectivity index (χ1n) is 7.61.